The first-order chi connectivity index (χ1) is 5.22. The van der Waals surface area contributed by atoms with Crippen LogP contribution in [0, 0.1) is 0 Å². The van der Waals surface area contributed by atoms with Crippen LogP contribution in [0.5, 0.6) is 0 Å². The van der Waals surface area contributed by atoms with Gasteiger partial charge in [0, 0.05) is 11.5 Å². The Kier molecular flexibility index (Phi) is 3.13. The van der Waals surface area contributed by atoms with E-state index in [9.17, 15) is 4.39 Å². The van der Waals surface area contributed by atoms with Crippen LogP contribution in [-0.2, 0) is 0 Å². The molecule has 1 rings (SSSR count). The Morgan fingerprint density at radius 1 is 1.73 bits per heavy atom. The van der Waals surface area contributed by atoms with Crippen molar-refractivity contribution in [2.24, 2.45) is 0 Å². The largest absolute Gasteiger partial charge is 0.243 e. The lowest BCUT2D eigenvalue weighted by molar-refractivity contribution is 0.396. The van der Waals surface area contributed by atoms with Gasteiger partial charge in [-0.2, -0.15) is 0 Å². The molecule has 0 aromatic rings. The normalized spacial score (nSPS) is 24.5. The molecule has 0 amide bonds. The first-order valence-electron chi connectivity index (χ1n) is 3.93. The molecule has 0 aliphatic heterocycles. The SMILES string of the molecule is CCCC1=CC(F)CC(Cl)=C1. The molecule has 1 atom stereocenters. The molecule has 0 N–H and O–H groups in total. The Bertz CT molecular complexity index is 194. The summed E-state index contributed by atoms with van der Waals surface area (Å²) in [6, 6.07) is 0. The number of rotatable bonds is 2. The summed E-state index contributed by atoms with van der Waals surface area (Å²) >= 11 is 5.72. The Hall–Kier alpha value is -0.300. The van der Waals surface area contributed by atoms with E-state index in [1.165, 1.54) is 0 Å². The first kappa shape index (κ1) is 8.79. The molecule has 2 heteroatoms. The third-order valence-electron chi connectivity index (χ3n) is 1.67. The van der Waals surface area contributed by atoms with Crippen LogP contribution in [0.2, 0.25) is 0 Å². The highest BCUT2D eigenvalue weighted by atomic mass is 35.5. The summed E-state index contributed by atoms with van der Waals surface area (Å²) < 4.78 is 12.8. The summed E-state index contributed by atoms with van der Waals surface area (Å²) in [6.45, 7) is 2.07. The van der Waals surface area contributed by atoms with Gasteiger partial charge in [0.2, 0.25) is 0 Å². The van der Waals surface area contributed by atoms with E-state index in [0.717, 1.165) is 18.4 Å². The van der Waals surface area contributed by atoms with Crippen LogP contribution in [0.15, 0.2) is 22.8 Å². The highest BCUT2D eigenvalue weighted by molar-refractivity contribution is 6.29. The van der Waals surface area contributed by atoms with E-state index in [4.69, 9.17) is 11.6 Å². The van der Waals surface area contributed by atoms with Gasteiger partial charge in [-0.3, -0.25) is 0 Å². The molecule has 0 bridgehead atoms. The minimum atomic E-state index is -0.867. The number of halogens is 2. The fourth-order valence-electron chi connectivity index (χ4n) is 1.23. The summed E-state index contributed by atoms with van der Waals surface area (Å²) in [5.74, 6) is 0. The van der Waals surface area contributed by atoms with Crippen LogP contribution < -0.4 is 0 Å². The summed E-state index contributed by atoms with van der Waals surface area (Å²) in [5, 5.41) is 0.642. The number of hydrogen-bond acceptors (Lipinski definition) is 0. The molecule has 0 spiro atoms. The van der Waals surface area contributed by atoms with E-state index in [1.54, 1.807) is 6.08 Å². The van der Waals surface area contributed by atoms with E-state index in [0.29, 0.717) is 11.5 Å². The Morgan fingerprint density at radius 3 is 3.00 bits per heavy atom. The number of hydrogen-bond donors (Lipinski definition) is 0. The minimum absolute atomic E-state index is 0.356. The molecule has 62 valence electrons. The molecule has 0 saturated carbocycles. The van der Waals surface area contributed by atoms with Crippen molar-refractivity contribution >= 4 is 11.6 Å². The Morgan fingerprint density at radius 2 is 2.45 bits per heavy atom. The predicted octanol–water partition coefficient (Wildman–Crippen LogP) is 3.58. The van der Waals surface area contributed by atoms with Crippen molar-refractivity contribution in [2.75, 3.05) is 0 Å². The molecular weight excluding hydrogens is 163 g/mol. The quantitative estimate of drug-likeness (QED) is 0.601. The standard InChI is InChI=1S/C9H12ClF/c1-2-3-7-4-8(10)6-9(11)5-7/h4-5,9H,2-3,6H2,1H3. The van der Waals surface area contributed by atoms with Crippen LogP contribution in [0.25, 0.3) is 0 Å². The predicted molar refractivity (Wildman–Crippen MR) is 46.4 cm³/mol. The van der Waals surface area contributed by atoms with Gasteiger partial charge in [0.15, 0.2) is 0 Å². The molecule has 1 unspecified atom stereocenters. The van der Waals surface area contributed by atoms with E-state index in [2.05, 4.69) is 6.92 Å². The molecule has 0 saturated heterocycles. The molecule has 0 radical (unpaired) electrons. The van der Waals surface area contributed by atoms with Crippen molar-refractivity contribution in [2.45, 2.75) is 32.4 Å². The fourth-order valence-corrected chi connectivity index (χ4v) is 1.52. The average Bonchev–Trinajstić information content (AvgIpc) is 1.85. The molecule has 0 nitrogen and oxygen atoms in total. The molecule has 0 fully saturated rings. The zero-order chi connectivity index (χ0) is 8.27. The second kappa shape index (κ2) is 3.91. The zero-order valence-electron chi connectivity index (χ0n) is 6.61. The maximum absolute atomic E-state index is 12.8. The average molecular weight is 175 g/mol. The van der Waals surface area contributed by atoms with Gasteiger partial charge in [0.05, 0.1) is 0 Å². The van der Waals surface area contributed by atoms with Crippen molar-refractivity contribution in [3.8, 4) is 0 Å². The van der Waals surface area contributed by atoms with Crippen molar-refractivity contribution < 1.29 is 4.39 Å². The summed E-state index contributed by atoms with van der Waals surface area (Å²) in [6.07, 6.45) is 5.00. The van der Waals surface area contributed by atoms with E-state index in [1.807, 2.05) is 6.08 Å². The Labute approximate surface area is 71.7 Å². The molecule has 1 aliphatic rings. The molecular formula is C9H12ClF. The van der Waals surface area contributed by atoms with Crippen molar-refractivity contribution in [1.29, 1.82) is 0 Å². The van der Waals surface area contributed by atoms with Crippen molar-refractivity contribution in [3.05, 3.63) is 22.8 Å². The van der Waals surface area contributed by atoms with Crippen molar-refractivity contribution in [1.82, 2.24) is 0 Å². The second-order valence-corrected chi connectivity index (χ2v) is 3.29. The summed E-state index contributed by atoms with van der Waals surface area (Å²) in [5.41, 5.74) is 1.04. The molecule has 11 heavy (non-hydrogen) atoms. The lowest BCUT2D eigenvalue weighted by Crippen LogP contribution is -2.02. The van der Waals surface area contributed by atoms with Gasteiger partial charge >= 0.3 is 0 Å². The van der Waals surface area contributed by atoms with Crippen LogP contribution in [0.1, 0.15) is 26.2 Å². The van der Waals surface area contributed by atoms with Gasteiger partial charge in [0.25, 0.3) is 0 Å². The van der Waals surface area contributed by atoms with Crippen LogP contribution in [-0.4, -0.2) is 6.17 Å². The van der Waals surface area contributed by atoms with Gasteiger partial charge in [-0.15, -0.1) is 0 Å². The highest BCUT2D eigenvalue weighted by Gasteiger charge is 2.11. The molecule has 0 aromatic carbocycles. The maximum atomic E-state index is 12.8. The third kappa shape index (κ3) is 2.66. The van der Waals surface area contributed by atoms with Gasteiger partial charge in [-0.1, -0.05) is 24.9 Å². The third-order valence-corrected chi connectivity index (χ3v) is 1.93. The smallest absolute Gasteiger partial charge is 0.124 e. The van der Waals surface area contributed by atoms with Gasteiger partial charge < -0.3 is 0 Å². The fraction of sp³-hybridized carbons (Fsp3) is 0.556. The van der Waals surface area contributed by atoms with E-state index in [-0.39, 0.29) is 0 Å². The van der Waals surface area contributed by atoms with Gasteiger partial charge in [0.1, 0.15) is 6.17 Å². The lowest BCUT2D eigenvalue weighted by Gasteiger charge is -2.11. The highest BCUT2D eigenvalue weighted by Crippen LogP contribution is 2.24. The van der Waals surface area contributed by atoms with E-state index < -0.39 is 6.17 Å². The minimum Gasteiger partial charge on any atom is -0.243 e. The maximum Gasteiger partial charge on any atom is 0.124 e. The van der Waals surface area contributed by atoms with Gasteiger partial charge in [-0.05, 0) is 24.1 Å². The number of alkyl halides is 1. The van der Waals surface area contributed by atoms with Crippen LogP contribution >= 0.6 is 11.6 Å². The first-order valence-corrected chi connectivity index (χ1v) is 4.31. The molecule has 0 heterocycles. The van der Waals surface area contributed by atoms with Crippen molar-refractivity contribution in [3.63, 3.8) is 0 Å². The van der Waals surface area contributed by atoms with E-state index >= 15 is 0 Å². The molecule has 0 aromatic heterocycles. The molecule has 1 aliphatic carbocycles. The summed E-state index contributed by atoms with van der Waals surface area (Å²) in [4.78, 5) is 0. The lowest BCUT2D eigenvalue weighted by atomic mass is 10.0. The van der Waals surface area contributed by atoms with Crippen LogP contribution in [0.4, 0.5) is 4.39 Å². The number of allylic oxidation sites excluding steroid dienone is 4. The van der Waals surface area contributed by atoms with Gasteiger partial charge in [-0.25, -0.2) is 4.39 Å². The Balaban J connectivity index is 2.62. The topological polar surface area (TPSA) is 0 Å². The zero-order valence-corrected chi connectivity index (χ0v) is 7.37. The monoisotopic (exact) mass is 174 g/mol. The second-order valence-electron chi connectivity index (χ2n) is 2.80. The summed E-state index contributed by atoms with van der Waals surface area (Å²) in [7, 11) is 0. The van der Waals surface area contributed by atoms with Crippen LogP contribution in [0.3, 0.4) is 0 Å².